The number of aromatic nitrogens is 2. The summed E-state index contributed by atoms with van der Waals surface area (Å²) in [6.45, 7) is 3.34. The van der Waals surface area contributed by atoms with Gasteiger partial charge < -0.3 is 9.84 Å². The fraction of sp³-hybridized carbons (Fsp3) is 0.320. The average molecular weight is 471 g/mol. The molecule has 0 bridgehead atoms. The van der Waals surface area contributed by atoms with Gasteiger partial charge in [0.1, 0.15) is 12.4 Å². The highest BCUT2D eigenvalue weighted by Gasteiger charge is 2.32. The maximum Gasteiger partial charge on any atom is 0.416 e. The van der Waals surface area contributed by atoms with E-state index in [9.17, 15) is 18.0 Å². The second-order valence-corrected chi connectivity index (χ2v) is 8.30. The number of hydrogen-bond acceptors (Lipinski definition) is 5. The van der Waals surface area contributed by atoms with Gasteiger partial charge in [-0.05, 0) is 48.4 Å². The summed E-state index contributed by atoms with van der Waals surface area (Å²) in [5.41, 5.74) is 2.72. The molecular formula is C25H24F3N3O3. The SMILES string of the molecule is Cc1ccc(COc2ccc(-c3ncc4c(n3)CCN(CCC(=O)O)C4)cc2)cc1C(F)(F)F. The standard InChI is InChI=1S/C25H24F3N3O3/c1-16-2-3-17(12-21(16)25(26,27)28)15-34-20-6-4-18(5-7-20)24-29-13-19-14-31(11-9-23(32)33)10-8-22(19)30-24/h2-7,12-13H,8-11,14-15H2,1H3,(H,32,33). The first kappa shape index (κ1) is 23.7. The van der Waals surface area contributed by atoms with E-state index in [1.165, 1.54) is 13.0 Å². The molecule has 0 unspecified atom stereocenters. The first-order chi connectivity index (χ1) is 16.2. The van der Waals surface area contributed by atoms with Gasteiger partial charge in [-0.25, -0.2) is 9.97 Å². The molecule has 2 heterocycles. The van der Waals surface area contributed by atoms with Crippen molar-refractivity contribution >= 4 is 5.97 Å². The minimum absolute atomic E-state index is 0.0242. The Morgan fingerprint density at radius 3 is 2.65 bits per heavy atom. The minimum atomic E-state index is -4.40. The fourth-order valence-corrected chi connectivity index (χ4v) is 3.89. The van der Waals surface area contributed by atoms with E-state index < -0.39 is 17.7 Å². The van der Waals surface area contributed by atoms with Gasteiger partial charge in [-0.1, -0.05) is 12.1 Å². The molecule has 4 rings (SSSR count). The molecule has 6 nitrogen and oxygen atoms in total. The monoisotopic (exact) mass is 471 g/mol. The number of nitrogens with zero attached hydrogens (tertiary/aromatic N) is 3. The van der Waals surface area contributed by atoms with Gasteiger partial charge >= 0.3 is 12.1 Å². The summed E-state index contributed by atoms with van der Waals surface area (Å²) in [7, 11) is 0. The number of aryl methyl sites for hydroxylation is 1. The van der Waals surface area contributed by atoms with E-state index in [0.717, 1.165) is 35.9 Å². The summed E-state index contributed by atoms with van der Waals surface area (Å²) in [5, 5.41) is 8.86. The van der Waals surface area contributed by atoms with Crippen molar-refractivity contribution in [2.24, 2.45) is 0 Å². The lowest BCUT2D eigenvalue weighted by molar-refractivity contribution is -0.138. The summed E-state index contributed by atoms with van der Waals surface area (Å²) in [5.74, 6) is 0.303. The molecule has 1 aromatic heterocycles. The van der Waals surface area contributed by atoms with Crippen LogP contribution < -0.4 is 4.74 Å². The number of carboxylic acids is 1. The van der Waals surface area contributed by atoms with Crippen LogP contribution in [0.1, 0.15) is 34.4 Å². The van der Waals surface area contributed by atoms with E-state index in [1.807, 2.05) is 12.1 Å². The van der Waals surface area contributed by atoms with Crippen molar-refractivity contribution in [3.05, 3.63) is 76.6 Å². The number of alkyl halides is 3. The summed E-state index contributed by atoms with van der Waals surface area (Å²) >= 11 is 0. The summed E-state index contributed by atoms with van der Waals surface area (Å²) < 4.78 is 45.0. The Bertz CT molecular complexity index is 1180. The zero-order chi connectivity index (χ0) is 24.3. The van der Waals surface area contributed by atoms with E-state index in [4.69, 9.17) is 9.84 Å². The van der Waals surface area contributed by atoms with Crippen LogP contribution in [0.15, 0.2) is 48.7 Å². The van der Waals surface area contributed by atoms with E-state index >= 15 is 0 Å². The number of rotatable bonds is 7. The molecule has 3 aromatic rings. The molecule has 0 saturated carbocycles. The maximum atomic E-state index is 13.1. The lowest BCUT2D eigenvalue weighted by Gasteiger charge is -2.27. The molecular weight excluding hydrogens is 447 g/mol. The Kier molecular flexibility index (Phi) is 6.83. The van der Waals surface area contributed by atoms with Gasteiger partial charge in [-0.3, -0.25) is 9.69 Å². The topological polar surface area (TPSA) is 75.6 Å². The molecule has 9 heteroatoms. The second kappa shape index (κ2) is 9.80. The normalized spacial score (nSPS) is 14.0. The molecule has 0 fully saturated rings. The average Bonchev–Trinajstić information content (AvgIpc) is 2.81. The Morgan fingerprint density at radius 1 is 1.18 bits per heavy atom. The number of benzene rings is 2. The Hall–Kier alpha value is -3.46. The van der Waals surface area contributed by atoms with Crippen molar-refractivity contribution in [1.82, 2.24) is 14.9 Å². The third-order valence-corrected chi connectivity index (χ3v) is 5.78. The smallest absolute Gasteiger partial charge is 0.416 e. The van der Waals surface area contributed by atoms with Crippen LogP contribution in [0.2, 0.25) is 0 Å². The number of fused-ring (bicyclic) bond motifs is 1. The van der Waals surface area contributed by atoms with Crippen LogP contribution in [-0.4, -0.2) is 39.0 Å². The van der Waals surface area contributed by atoms with E-state index in [1.54, 1.807) is 24.4 Å². The van der Waals surface area contributed by atoms with Crippen LogP contribution in [0.5, 0.6) is 5.75 Å². The Morgan fingerprint density at radius 2 is 1.94 bits per heavy atom. The molecule has 2 aromatic carbocycles. The highest BCUT2D eigenvalue weighted by Crippen LogP contribution is 2.32. The second-order valence-electron chi connectivity index (χ2n) is 8.30. The molecule has 0 saturated heterocycles. The highest BCUT2D eigenvalue weighted by atomic mass is 19.4. The Balaban J connectivity index is 1.39. The zero-order valence-electron chi connectivity index (χ0n) is 18.6. The number of hydrogen-bond donors (Lipinski definition) is 1. The maximum absolute atomic E-state index is 13.1. The van der Waals surface area contributed by atoms with Crippen LogP contribution >= 0.6 is 0 Å². The van der Waals surface area contributed by atoms with Gasteiger partial charge in [0.15, 0.2) is 5.82 Å². The van der Waals surface area contributed by atoms with Gasteiger partial charge in [0, 0.05) is 43.4 Å². The molecule has 178 valence electrons. The van der Waals surface area contributed by atoms with Crippen LogP contribution in [0.25, 0.3) is 11.4 Å². The molecule has 1 N–H and O–H groups in total. The zero-order valence-corrected chi connectivity index (χ0v) is 18.6. The van der Waals surface area contributed by atoms with Gasteiger partial charge in [-0.2, -0.15) is 13.2 Å². The van der Waals surface area contributed by atoms with E-state index in [-0.39, 0.29) is 18.6 Å². The molecule has 0 spiro atoms. The number of carboxylic acid groups (broad SMARTS) is 1. The minimum Gasteiger partial charge on any atom is -0.489 e. The van der Waals surface area contributed by atoms with Crippen LogP contribution in [0.3, 0.4) is 0 Å². The Labute approximate surface area is 195 Å². The van der Waals surface area contributed by atoms with Crippen molar-refractivity contribution in [1.29, 1.82) is 0 Å². The third-order valence-electron chi connectivity index (χ3n) is 5.78. The lowest BCUT2D eigenvalue weighted by Crippen LogP contribution is -2.33. The first-order valence-electron chi connectivity index (χ1n) is 10.9. The van der Waals surface area contributed by atoms with Crippen LogP contribution in [-0.2, 0) is 30.5 Å². The molecule has 1 aliphatic heterocycles. The van der Waals surface area contributed by atoms with Crippen molar-refractivity contribution in [2.75, 3.05) is 13.1 Å². The highest BCUT2D eigenvalue weighted by molar-refractivity contribution is 5.66. The van der Waals surface area contributed by atoms with Crippen molar-refractivity contribution < 1.29 is 27.8 Å². The predicted molar refractivity (Wildman–Crippen MR) is 119 cm³/mol. The van der Waals surface area contributed by atoms with Crippen molar-refractivity contribution in [3.63, 3.8) is 0 Å². The van der Waals surface area contributed by atoms with E-state index in [0.29, 0.717) is 30.2 Å². The number of carbonyl (C=O) groups is 1. The summed E-state index contributed by atoms with van der Waals surface area (Å²) in [6, 6.07) is 11.3. The quantitative estimate of drug-likeness (QED) is 0.529. The number of ether oxygens (including phenoxy) is 1. The van der Waals surface area contributed by atoms with Gasteiger partial charge in [0.2, 0.25) is 0 Å². The summed E-state index contributed by atoms with van der Waals surface area (Å²) in [4.78, 5) is 22.0. The third kappa shape index (κ3) is 5.72. The van der Waals surface area contributed by atoms with Crippen LogP contribution in [0, 0.1) is 6.92 Å². The van der Waals surface area contributed by atoms with Crippen molar-refractivity contribution in [2.45, 2.75) is 39.1 Å². The first-order valence-corrected chi connectivity index (χ1v) is 10.9. The van der Waals surface area contributed by atoms with E-state index in [2.05, 4.69) is 14.9 Å². The molecule has 0 aliphatic carbocycles. The molecule has 0 radical (unpaired) electrons. The largest absolute Gasteiger partial charge is 0.489 e. The van der Waals surface area contributed by atoms with Crippen molar-refractivity contribution in [3.8, 4) is 17.1 Å². The molecule has 0 atom stereocenters. The molecule has 0 amide bonds. The lowest BCUT2D eigenvalue weighted by atomic mass is 10.1. The van der Waals surface area contributed by atoms with Gasteiger partial charge in [0.05, 0.1) is 17.7 Å². The van der Waals surface area contributed by atoms with Gasteiger partial charge in [-0.15, -0.1) is 0 Å². The molecule has 34 heavy (non-hydrogen) atoms. The number of halogens is 3. The summed E-state index contributed by atoms with van der Waals surface area (Å²) in [6.07, 6.45) is -1.78. The predicted octanol–water partition coefficient (Wildman–Crippen LogP) is 4.88. The molecule has 1 aliphatic rings. The van der Waals surface area contributed by atoms with Gasteiger partial charge in [0.25, 0.3) is 0 Å². The number of aliphatic carboxylic acids is 1. The fourth-order valence-electron chi connectivity index (χ4n) is 3.89. The van der Waals surface area contributed by atoms with Crippen LogP contribution in [0.4, 0.5) is 13.2 Å².